The van der Waals surface area contributed by atoms with Crippen LogP contribution in [0.4, 0.5) is 0 Å². The summed E-state index contributed by atoms with van der Waals surface area (Å²) in [6.45, 7) is 5.30. The maximum absolute atomic E-state index is 9.58. The van der Waals surface area contributed by atoms with E-state index in [1.165, 1.54) is 0 Å². The maximum Gasteiger partial charge on any atom is 0.0613 e. The van der Waals surface area contributed by atoms with Gasteiger partial charge >= 0.3 is 0 Å². The van der Waals surface area contributed by atoms with E-state index in [1.54, 1.807) is 11.8 Å². The largest absolute Gasteiger partial charge is 0.394 e. The number of aliphatic hydroxyl groups is 1. The number of hydrogen-bond acceptors (Lipinski definition) is 3. The zero-order chi connectivity index (χ0) is 14.1. The molecular formula is C15H24ClNOS. The second-order valence-corrected chi connectivity index (χ2v) is 6.25. The van der Waals surface area contributed by atoms with Crippen molar-refractivity contribution in [1.29, 1.82) is 0 Å². The summed E-state index contributed by atoms with van der Waals surface area (Å²) < 4.78 is 0. The van der Waals surface area contributed by atoms with Crippen molar-refractivity contribution in [3.63, 3.8) is 0 Å². The third kappa shape index (κ3) is 5.35. The number of aliphatic hydroxyl groups excluding tert-OH is 1. The van der Waals surface area contributed by atoms with Gasteiger partial charge in [0.25, 0.3) is 0 Å². The number of thioether (sulfide) groups is 1. The standard InChI is InChI=1S/C15H24ClNOS/c1-3-15(12-18,17-4-2)10-7-11-19-14-9-6-5-8-13(14)16/h5-6,8-9,17-18H,3-4,7,10-12H2,1-2H3. The Bertz CT molecular complexity index is 369. The lowest BCUT2D eigenvalue weighted by molar-refractivity contribution is 0.148. The molecular weight excluding hydrogens is 278 g/mol. The molecule has 0 saturated heterocycles. The lowest BCUT2D eigenvalue weighted by atomic mass is 9.91. The molecule has 1 unspecified atom stereocenters. The molecule has 0 spiro atoms. The molecule has 0 aromatic heterocycles. The van der Waals surface area contributed by atoms with Crippen LogP contribution in [0.3, 0.4) is 0 Å². The van der Waals surface area contributed by atoms with Gasteiger partial charge in [-0.3, -0.25) is 0 Å². The number of likely N-dealkylation sites (N-methyl/N-ethyl adjacent to an activating group) is 1. The third-order valence-corrected chi connectivity index (χ3v) is 5.03. The molecule has 1 atom stereocenters. The molecule has 2 N–H and O–H groups in total. The molecule has 0 radical (unpaired) electrons. The molecule has 2 nitrogen and oxygen atoms in total. The fraction of sp³-hybridized carbons (Fsp3) is 0.600. The molecule has 1 aromatic rings. The topological polar surface area (TPSA) is 32.3 Å². The minimum Gasteiger partial charge on any atom is -0.394 e. The van der Waals surface area contributed by atoms with E-state index in [0.29, 0.717) is 0 Å². The first kappa shape index (κ1) is 16.8. The molecule has 1 rings (SSSR count). The quantitative estimate of drug-likeness (QED) is 0.535. The van der Waals surface area contributed by atoms with Crippen molar-refractivity contribution in [1.82, 2.24) is 5.32 Å². The lowest BCUT2D eigenvalue weighted by Crippen LogP contribution is -2.48. The summed E-state index contributed by atoms with van der Waals surface area (Å²) in [5.41, 5.74) is -0.115. The van der Waals surface area contributed by atoms with Crippen LogP contribution in [0.2, 0.25) is 5.02 Å². The Morgan fingerprint density at radius 2 is 2.05 bits per heavy atom. The van der Waals surface area contributed by atoms with E-state index < -0.39 is 0 Å². The van der Waals surface area contributed by atoms with Crippen molar-refractivity contribution >= 4 is 23.4 Å². The minimum atomic E-state index is -0.115. The van der Waals surface area contributed by atoms with Crippen LogP contribution in [-0.4, -0.2) is 29.5 Å². The van der Waals surface area contributed by atoms with Crippen molar-refractivity contribution in [2.75, 3.05) is 18.9 Å². The summed E-state index contributed by atoms with van der Waals surface area (Å²) in [6.07, 6.45) is 3.01. The molecule has 0 bridgehead atoms. The first-order valence-corrected chi connectivity index (χ1v) is 8.27. The monoisotopic (exact) mass is 301 g/mol. The molecule has 19 heavy (non-hydrogen) atoms. The van der Waals surface area contributed by atoms with Gasteiger partial charge in [-0.2, -0.15) is 0 Å². The Morgan fingerprint density at radius 3 is 2.63 bits per heavy atom. The molecule has 0 amide bonds. The number of benzene rings is 1. The highest BCUT2D eigenvalue weighted by Gasteiger charge is 2.25. The summed E-state index contributed by atoms with van der Waals surface area (Å²) in [7, 11) is 0. The van der Waals surface area contributed by atoms with E-state index in [2.05, 4.69) is 25.2 Å². The number of rotatable bonds is 9. The van der Waals surface area contributed by atoms with Crippen LogP contribution in [0.25, 0.3) is 0 Å². The van der Waals surface area contributed by atoms with E-state index in [9.17, 15) is 5.11 Å². The molecule has 0 aliphatic heterocycles. The number of hydrogen-bond donors (Lipinski definition) is 2. The Balaban J connectivity index is 2.39. The van der Waals surface area contributed by atoms with Crippen molar-refractivity contribution in [3.8, 4) is 0 Å². The summed E-state index contributed by atoms with van der Waals surface area (Å²) in [5, 5.41) is 13.8. The predicted octanol–water partition coefficient (Wildman–Crippen LogP) is 3.96. The molecule has 4 heteroatoms. The first-order chi connectivity index (χ1) is 9.17. The van der Waals surface area contributed by atoms with E-state index >= 15 is 0 Å². The molecule has 0 aliphatic rings. The van der Waals surface area contributed by atoms with Gasteiger partial charge in [0.15, 0.2) is 0 Å². The minimum absolute atomic E-state index is 0.115. The van der Waals surface area contributed by atoms with Crippen LogP contribution in [0.15, 0.2) is 29.2 Å². The second-order valence-electron chi connectivity index (χ2n) is 4.70. The molecule has 108 valence electrons. The average Bonchev–Trinajstić information content (AvgIpc) is 2.44. The second kappa shape index (κ2) is 8.85. The third-order valence-electron chi connectivity index (χ3n) is 3.43. The Labute approximate surface area is 125 Å². The molecule has 0 heterocycles. The fourth-order valence-electron chi connectivity index (χ4n) is 2.17. The van der Waals surface area contributed by atoms with Crippen LogP contribution >= 0.6 is 23.4 Å². The van der Waals surface area contributed by atoms with Gasteiger partial charge in [-0.1, -0.05) is 37.6 Å². The van der Waals surface area contributed by atoms with Gasteiger partial charge < -0.3 is 10.4 Å². The highest BCUT2D eigenvalue weighted by Crippen LogP contribution is 2.28. The van der Waals surface area contributed by atoms with Gasteiger partial charge in [-0.25, -0.2) is 0 Å². The van der Waals surface area contributed by atoms with Crippen molar-refractivity contribution < 1.29 is 5.11 Å². The molecule has 0 saturated carbocycles. The van der Waals surface area contributed by atoms with Crippen molar-refractivity contribution in [2.24, 2.45) is 0 Å². The molecule has 0 aliphatic carbocycles. The maximum atomic E-state index is 9.58. The fourth-order valence-corrected chi connectivity index (χ4v) is 3.36. The number of nitrogens with one attached hydrogen (secondary N) is 1. The highest BCUT2D eigenvalue weighted by molar-refractivity contribution is 7.99. The van der Waals surface area contributed by atoms with Gasteiger partial charge in [0.1, 0.15) is 0 Å². The van der Waals surface area contributed by atoms with Gasteiger partial charge in [0.05, 0.1) is 11.6 Å². The van der Waals surface area contributed by atoms with Crippen LogP contribution in [0, 0.1) is 0 Å². The Morgan fingerprint density at radius 1 is 1.32 bits per heavy atom. The van der Waals surface area contributed by atoms with Crippen LogP contribution < -0.4 is 5.32 Å². The predicted molar refractivity (Wildman–Crippen MR) is 85.2 cm³/mol. The summed E-state index contributed by atoms with van der Waals surface area (Å²) >= 11 is 7.91. The molecule has 0 fully saturated rings. The van der Waals surface area contributed by atoms with Crippen LogP contribution in [-0.2, 0) is 0 Å². The van der Waals surface area contributed by atoms with Gasteiger partial charge in [0, 0.05) is 10.4 Å². The van der Waals surface area contributed by atoms with E-state index in [4.69, 9.17) is 11.6 Å². The average molecular weight is 302 g/mol. The van der Waals surface area contributed by atoms with Crippen molar-refractivity contribution in [2.45, 2.75) is 43.5 Å². The van der Waals surface area contributed by atoms with Gasteiger partial charge in [0.2, 0.25) is 0 Å². The Hall–Kier alpha value is -0.220. The Kier molecular flexibility index (Phi) is 7.84. The van der Waals surface area contributed by atoms with Crippen LogP contribution in [0.1, 0.15) is 33.1 Å². The lowest BCUT2D eigenvalue weighted by Gasteiger charge is -2.31. The van der Waals surface area contributed by atoms with E-state index in [1.807, 2.05) is 18.2 Å². The summed E-state index contributed by atoms with van der Waals surface area (Å²) in [4.78, 5) is 1.14. The van der Waals surface area contributed by atoms with Crippen molar-refractivity contribution in [3.05, 3.63) is 29.3 Å². The first-order valence-electron chi connectivity index (χ1n) is 6.90. The summed E-state index contributed by atoms with van der Waals surface area (Å²) in [5.74, 6) is 1.02. The normalized spacial score (nSPS) is 14.3. The highest BCUT2D eigenvalue weighted by atomic mass is 35.5. The molecule has 1 aromatic carbocycles. The SMILES string of the molecule is CCNC(CC)(CO)CCCSc1ccccc1Cl. The summed E-state index contributed by atoms with van der Waals surface area (Å²) in [6, 6.07) is 7.94. The smallest absolute Gasteiger partial charge is 0.0613 e. The zero-order valence-electron chi connectivity index (χ0n) is 11.8. The van der Waals surface area contributed by atoms with E-state index in [-0.39, 0.29) is 12.1 Å². The number of halogens is 1. The van der Waals surface area contributed by atoms with Crippen LogP contribution in [0.5, 0.6) is 0 Å². The van der Waals surface area contributed by atoms with Gasteiger partial charge in [-0.05, 0) is 43.7 Å². The van der Waals surface area contributed by atoms with E-state index in [0.717, 1.165) is 41.5 Å². The zero-order valence-corrected chi connectivity index (χ0v) is 13.4. The van der Waals surface area contributed by atoms with Gasteiger partial charge in [-0.15, -0.1) is 11.8 Å².